The number of hydrogen-bond acceptors (Lipinski definition) is 3. The highest BCUT2D eigenvalue weighted by atomic mass is 15.1. The number of nitrogens with zero attached hydrogens (tertiary/aromatic N) is 1. The van der Waals surface area contributed by atoms with E-state index in [2.05, 4.69) is 22.6 Å². The fraction of sp³-hybridized carbons (Fsp3) is 1.00. The second-order valence-corrected chi connectivity index (χ2v) is 5.40. The van der Waals surface area contributed by atoms with Gasteiger partial charge in [0.05, 0.1) is 0 Å². The smallest absolute Gasteiger partial charge is 0.0107 e. The molecule has 0 unspecified atom stereocenters. The second kappa shape index (κ2) is 6.58. The van der Waals surface area contributed by atoms with E-state index in [0.29, 0.717) is 0 Å². The Morgan fingerprint density at radius 1 is 1.12 bits per heavy atom. The maximum absolute atomic E-state index is 3.69. The zero-order valence-electron chi connectivity index (χ0n) is 10.7. The molecule has 1 saturated heterocycles. The Morgan fingerprint density at radius 3 is 2.50 bits per heavy atom. The quantitative estimate of drug-likeness (QED) is 0.736. The molecule has 2 rings (SSSR count). The van der Waals surface area contributed by atoms with Crippen LogP contribution in [0, 0.1) is 0 Å². The average Bonchev–Trinajstić information content (AvgIpc) is 2.84. The molecule has 0 spiro atoms. The van der Waals surface area contributed by atoms with Gasteiger partial charge in [-0.15, -0.1) is 0 Å². The van der Waals surface area contributed by atoms with E-state index >= 15 is 0 Å². The van der Waals surface area contributed by atoms with Crippen LogP contribution in [-0.4, -0.2) is 50.2 Å². The van der Waals surface area contributed by atoms with Gasteiger partial charge in [-0.25, -0.2) is 0 Å². The van der Waals surface area contributed by atoms with Crippen LogP contribution < -0.4 is 10.6 Å². The molecule has 0 atom stereocenters. The summed E-state index contributed by atoms with van der Waals surface area (Å²) < 4.78 is 0. The number of hydrogen-bond donors (Lipinski definition) is 2. The molecule has 1 aliphatic heterocycles. The molecule has 2 N–H and O–H groups in total. The van der Waals surface area contributed by atoms with Gasteiger partial charge in [0.2, 0.25) is 0 Å². The Bertz CT molecular complexity index is 184. The number of nitrogens with one attached hydrogen (secondary N) is 2. The standard InChI is InChI=1S/C13H27N3/c1-16(13-4-2-3-5-13)11-10-15-12-6-8-14-9-7-12/h12-15H,2-11H2,1H3. The molecule has 1 saturated carbocycles. The van der Waals surface area contributed by atoms with Gasteiger partial charge in [0.15, 0.2) is 0 Å². The summed E-state index contributed by atoms with van der Waals surface area (Å²) in [5.74, 6) is 0. The molecule has 0 radical (unpaired) electrons. The van der Waals surface area contributed by atoms with Crippen LogP contribution in [0.15, 0.2) is 0 Å². The summed E-state index contributed by atoms with van der Waals surface area (Å²) in [5, 5.41) is 7.10. The molecule has 3 heteroatoms. The summed E-state index contributed by atoms with van der Waals surface area (Å²) in [6.07, 6.45) is 8.32. The molecule has 1 aliphatic carbocycles. The van der Waals surface area contributed by atoms with Crippen molar-refractivity contribution in [1.82, 2.24) is 15.5 Å². The van der Waals surface area contributed by atoms with Crippen molar-refractivity contribution < 1.29 is 0 Å². The third kappa shape index (κ3) is 3.72. The van der Waals surface area contributed by atoms with E-state index in [1.807, 2.05) is 0 Å². The molecular weight excluding hydrogens is 198 g/mol. The molecule has 1 heterocycles. The number of piperidine rings is 1. The zero-order chi connectivity index (χ0) is 11.2. The van der Waals surface area contributed by atoms with E-state index < -0.39 is 0 Å². The van der Waals surface area contributed by atoms with E-state index in [-0.39, 0.29) is 0 Å². The lowest BCUT2D eigenvalue weighted by atomic mass is 10.1. The molecule has 94 valence electrons. The lowest BCUT2D eigenvalue weighted by Crippen LogP contribution is -2.43. The molecule has 3 nitrogen and oxygen atoms in total. The van der Waals surface area contributed by atoms with Crippen molar-refractivity contribution in [3.8, 4) is 0 Å². The summed E-state index contributed by atoms with van der Waals surface area (Å²) >= 11 is 0. The van der Waals surface area contributed by atoms with Gasteiger partial charge in [0.1, 0.15) is 0 Å². The molecule has 0 aromatic heterocycles. The molecule has 0 aromatic rings. The van der Waals surface area contributed by atoms with Gasteiger partial charge >= 0.3 is 0 Å². The van der Waals surface area contributed by atoms with Crippen LogP contribution in [0.3, 0.4) is 0 Å². The Kier molecular flexibility index (Phi) is 5.07. The maximum atomic E-state index is 3.69. The van der Waals surface area contributed by atoms with Crippen molar-refractivity contribution in [3.63, 3.8) is 0 Å². The Labute approximate surface area is 100.0 Å². The highest BCUT2D eigenvalue weighted by Gasteiger charge is 2.19. The molecular formula is C13H27N3. The van der Waals surface area contributed by atoms with Crippen LogP contribution >= 0.6 is 0 Å². The third-order valence-corrected chi connectivity index (χ3v) is 4.18. The van der Waals surface area contributed by atoms with Crippen molar-refractivity contribution in [2.75, 3.05) is 33.2 Å². The average molecular weight is 225 g/mol. The first kappa shape index (κ1) is 12.3. The highest BCUT2D eigenvalue weighted by molar-refractivity contribution is 4.77. The van der Waals surface area contributed by atoms with Crippen molar-refractivity contribution in [2.24, 2.45) is 0 Å². The van der Waals surface area contributed by atoms with Crippen LogP contribution in [0.25, 0.3) is 0 Å². The molecule has 0 amide bonds. The normalized spacial score (nSPS) is 24.4. The second-order valence-electron chi connectivity index (χ2n) is 5.40. The topological polar surface area (TPSA) is 27.3 Å². The van der Waals surface area contributed by atoms with E-state index in [4.69, 9.17) is 0 Å². The van der Waals surface area contributed by atoms with E-state index in [1.54, 1.807) is 0 Å². The minimum absolute atomic E-state index is 0.762. The monoisotopic (exact) mass is 225 g/mol. The van der Waals surface area contributed by atoms with Crippen LogP contribution in [0.5, 0.6) is 0 Å². The Hall–Kier alpha value is -0.120. The first-order chi connectivity index (χ1) is 7.86. The van der Waals surface area contributed by atoms with E-state index in [1.165, 1.54) is 58.2 Å². The van der Waals surface area contributed by atoms with Gasteiger partial charge < -0.3 is 15.5 Å². The lowest BCUT2D eigenvalue weighted by molar-refractivity contribution is 0.238. The Balaban J connectivity index is 1.56. The van der Waals surface area contributed by atoms with E-state index in [9.17, 15) is 0 Å². The third-order valence-electron chi connectivity index (χ3n) is 4.18. The minimum Gasteiger partial charge on any atom is -0.317 e. The van der Waals surface area contributed by atoms with Crippen molar-refractivity contribution in [2.45, 2.75) is 50.6 Å². The zero-order valence-corrected chi connectivity index (χ0v) is 10.7. The highest BCUT2D eigenvalue weighted by Crippen LogP contribution is 2.21. The summed E-state index contributed by atoms with van der Waals surface area (Å²) in [6, 6.07) is 1.63. The minimum atomic E-state index is 0.762. The Morgan fingerprint density at radius 2 is 1.81 bits per heavy atom. The van der Waals surface area contributed by atoms with Gasteiger partial charge in [-0.1, -0.05) is 12.8 Å². The van der Waals surface area contributed by atoms with Crippen molar-refractivity contribution in [1.29, 1.82) is 0 Å². The van der Waals surface area contributed by atoms with Gasteiger partial charge in [0.25, 0.3) is 0 Å². The SMILES string of the molecule is CN(CCNC1CCNCC1)C1CCCC1. The first-order valence-corrected chi connectivity index (χ1v) is 7.00. The fourth-order valence-electron chi connectivity index (χ4n) is 3.00. The van der Waals surface area contributed by atoms with Gasteiger partial charge in [0, 0.05) is 25.2 Å². The summed E-state index contributed by atoms with van der Waals surface area (Å²) in [4.78, 5) is 2.56. The molecule has 0 aromatic carbocycles. The first-order valence-electron chi connectivity index (χ1n) is 7.00. The van der Waals surface area contributed by atoms with Gasteiger partial charge in [-0.2, -0.15) is 0 Å². The van der Waals surface area contributed by atoms with E-state index in [0.717, 1.165) is 18.6 Å². The van der Waals surface area contributed by atoms with Gasteiger partial charge in [-0.05, 0) is 45.8 Å². The predicted octanol–water partition coefficient (Wildman–Crippen LogP) is 1.20. The summed E-state index contributed by atoms with van der Waals surface area (Å²) in [7, 11) is 2.29. The van der Waals surface area contributed by atoms with Crippen LogP contribution in [0.4, 0.5) is 0 Å². The molecule has 2 fully saturated rings. The van der Waals surface area contributed by atoms with Crippen molar-refractivity contribution >= 4 is 0 Å². The largest absolute Gasteiger partial charge is 0.317 e. The van der Waals surface area contributed by atoms with Crippen LogP contribution in [0.2, 0.25) is 0 Å². The molecule has 16 heavy (non-hydrogen) atoms. The lowest BCUT2D eigenvalue weighted by Gasteiger charge is -2.27. The number of rotatable bonds is 5. The van der Waals surface area contributed by atoms with Crippen LogP contribution in [-0.2, 0) is 0 Å². The van der Waals surface area contributed by atoms with Crippen LogP contribution in [0.1, 0.15) is 38.5 Å². The predicted molar refractivity (Wildman–Crippen MR) is 68.8 cm³/mol. The van der Waals surface area contributed by atoms with Gasteiger partial charge in [-0.3, -0.25) is 0 Å². The summed E-state index contributed by atoms with van der Waals surface area (Å²) in [6.45, 7) is 4.76. The maximum Gasteiger partial charge on any atom is 0.0107 e. The molecule has 0 bridgehead atoms. The van der Waals surface area contributed by atoms with Crippen molar-refractivity contribution in [3.05, 3.63) is 0 Å². The summed E-state index contributed by atoms with van der Waals surface area (Å²) in [5.41, 5.74) is 0. The number of likely N-dealkylation sites (N-methyl/N-ethyl adjacent to an activating group) is 1. The molecule has 2 aliphatic rings. The fourth-order valence-corrected chi connectivity index (χ4v) is 3.00.